The number of aryl methyl sites for hydroxylation is 1. The van der Waals surface area contributed by atoms with Crippen molar-refractivity contribution in [2.45, 2.75) is 13.1 Å². The molecule has 0 saturated heterocycles. The molecular weight excluding hydrogens is 373 g/mol. The molecular formula is C19H15F3N4O2. The summed E-state index contributed by atoms with van der Waals surface area (Å²) in [6.45, 7) is 1.78. The molecule has 0 saturated carbocycles. The normalized spacial score (nSPS) is 11.9. The van der Waals surface area contributed by atoms with Gasteiger partial charge in [-0.15, -0.1) is 0 Å². The lowest BCUT2D eigenvalue weighted by molar-refractivity contribution is -0.137. The summed E-state index contributed by atoms with van der Waals surface area (Å²) >= 11 is 0. The van der Waals surface area contributed by atoms with E-state index in [1.54, 1.807) is 37.4 Å². The van der Waals surface area contributed by atoms with Crippen LogP contribution in [0.15, 0.2) is 53.8 Å². The maximum atomic E-state index is 13.1. The summed E-state index contributed by atoms with van der Waals surface area (Å²) in [5, 5.41) is 13.3. The molecule has 144 valence electrons. The van der Waals surface area contributed by atoms with E-state index in [1.807, 2.05) is 0 Å². The van der Waals surface area contributed by atoms with Crippen molar-refractivity contribution in [1.82, 2.24) is 9.66 Å². The minimum Gasteiger partial charge on any atom is -0.478 e. The highest BCUT2D eigenvalue weighted by atomic mass is 19.4. The number of nitrogens with two attached hydrogens (primary N) is 1. The summed E-state index contributed by atoms with van der Waals surface area (Å²) in [7, 11) is 0. The van der Waals surface area contributed by atoms with Crippen molar-refractivity contribution in [2.75, 3.05) is 5.73 Å². The van der Waals surface area contributed by atoms with Crippen molar-refractivity contribution in [3.8, 4) is 11.1 Å². The van der Waals surface area contributed by atoms with Crippen molar-refractivity contribution < 1.29 is 23.1 Å². The van der Waals surface area contributed by atoms with Crippen LogP contribution in [0, 0.1) is 6.92 Å². The van der Waals surface area contributed by atoms with Gasteiger partial charge in [0, 0.05) is 0 Å². The number of halogens is 3. The Morgan fingerprint density at radius 2 is 1.86 bits per heavy atom. The molecule has 9 heteroatoms. The number of carbonyl (C=O) groups is 1. The molecule has 0 unspecified atom stereocenters. The number of benzene rings is 2. The number of nitrogen functional groups attached to an aromatic ring is 1. The number of aromatic nitrogens is 2. The maximum Gasteiger partial charge on any atom is 0.416 e. The number of anilines is 1. The summed E-state index contributed by atoms with van der Waals surface area (Å²) in [5.74, 6) is -1.19. The Morgan fingerprint density at radius 3 is 2.39 bits per heavy atom. The zero-order valence-electron chi connectivity index (χ0n) is 14.6. The Morgan fingerprint density at radius 1 is 1.18 bits per heavy atom. The van der Waals surface area contributed by atoms with Crippen molar-refractivity contribution in [2.24, 2.45) is 5.10 Å². The number of carboxylic acid groups (broad SMARTS) is 1. The molecule has 0 aliphatic carbocycles. The van der Waals surface area contributed by atoms with Gasteiger partial charge >= 0.3 is 12.1 Å². The van der Waals surface area contributed by atoms with Crippen LogP contribution in [0.5, 0.6) is 0 Å². The average Bonchev–Trinajstić information content (AvgIpc) is 2.96. The van der Waals surface area contributed by atoms with E-state index >= 15 is 0 Å². The maximum absolute atomic E-state index is 13.1. The van der Waals surface area contributed by atoms with E-state index in [0.717, 1.165) is 6.07 Å². The smallest absolute Gasteiger partial charge is 0.416 e. The number of imidazole rings is 1. The number of hydrogen-bond acceptors (Lipinski definition) is 4. The molecule has 28 heavy (non-hydrogen) atoms. The topological polar surface area (TPSA) is 93.5 Å². The number of rotatable bonds is 4. The Balaban J connectivity index is 1.92. The third-order valence-electron chi connectivity index (χ3n) is 3.92. The zero-order valence-corrected chi connectivity index (χ0v) is 14.6. The molecule has 0 amide bonds. The second kappa shape index (κ2) is 7.18. The van der Waals surface area contributed by atoms with Gasteiger partial charge in [-0.25, -0.2) is 14.5 Å². The lowest BCUT2D eigenvalue weighted by Crippen LogP contribution is -2.08. The summed E-state index contributed by atoms with van der Waals surface area (Å²) in [5.41, 5.74) is 6.25. The van der Waals surface area contributed by atoms with E-state index in [0.29, 0.717) is 22.9 Å². The molecule has 0 spiro atoms. The first-order valence-corrected chi connectivity index (χ1v) is 8.05. The van der Waals surface area contributed by atoms with Crippen molar-refractivity contribution in [3.63, 3.8) is 0 Å². The Hall–Kier alpha value is -3.62. The van der Waals surface area contributed by atoms with E-state index in [9.17, 15) is 18.0 Å². The van der Waals surface area contributed by atoms with E-state index in [1.165, 1.54) is 17.0 Å². The van der Waals surface area contributed by atoms with Crippen LogP contribution in [0.25, 0.3) is 11.1 Å². The van der Waals surface area contributed by atoms with E-state index in [2.05, 4.69) is 10.1 Å². The van der Waals surface area contributed by atoms with Crippen LogP contribution in [0.2, 0.25) is 0 Å². The summed E-state index contributed by atoms with van der Waals surface area (Å²) in [6.07, 6.45) is -1.47. The molecule has 0 radical (unpaired) electrons. The molecule has 0 fully saturated rings. The van der Waals surface area contributed by atoms with E-state index < -0.39 is 23.3 Å². The molecule has 0 atom stereocenters. The number of aromatic carboxylic acids is 1. The van der Waals surface area contributed by atoms with Gasteiger partial charge in [-0.3, -0.25) is 0 Å². The highest BCUT2D eigenvalue weighted by Gasteiger charge is 2.31. The highest BCUT2D eigenvalue weighted by molar-refractivity contribution is 5.90. The highest BCUT2D eigenvalue weighted by Crippen LogP contribution is 2.33. The minimum atomic E-state index is -4.64. The van der Waals surface area contributed by atoms with Gasteiger partial charge in [0.15, 0.2) is 0 Å². The van der Waals surface area contributed by atoms with E-state index in [4.69, 9.17) is 10.8 Å². The molecule has 6 nitrogen and oxygen atoms in total. The molecule has 3 aromatic rings. The fourth-order valence-electron chi connectivity index (χ4n) is 2.57. The second-order valence-electron chi connectivity index (χ2n) is 6.05. The van der Waals surface area contributed by atoms with Gasteiger partial charge in [0.05, 0.1) is 29.2 Å². The van der Waals surface area contributed by atoms with Crippen LogP contribution in [-0.4, -0.2) is 27.0 Å². The van der Waals surface area contributed by atoms with Gasteiger partial charge in [-0.05, 0) is 41.8 Å². The Labute approximate surface area is 157 Å². The number of hydrogen-bond donors (Lipinski definition) is 2. The summed E-state index contributed by atoms with van der Waals surface area (Å²) in [6, 6.07) is 9.22. The number of carboxylic acids is 1. The number of nitrogens with zero attached hydrogens (tertiary/aromatic N) is 3. The van der Waals surface area contributed by atoms with E-state index in [-0.39, 0.29) is 11.5 Å². The van der Waals surface area contributed by atoms with Gasteiger partial charge in [-0.1, -0.05) is 24.3 Å². The van der Waals surface area contributed by atoms with Crippen LogP contribution in [0.1, 0.15) is 27.2 Å². The predicted molar refractivity (Wildman–Crippen MR) is 98.2 cm³/mol. The first-order chi connectivity index (χ1) is 13.1. The Kier molecular flexibility index (Phi) is 4.91. The third-order valence-corrected chi connectivity index (χ3v) is 3.92. The van der Waals surface area contributed by atoms with Crippen molar-refractivity contribution >= 4 is 18.1 Å². The molecule has 0 bridgehead atoms. The standard InChI is InChI=1S/C19H15F3N4O2/c1-11-10-26(18(23)25-11)24-9-12-2-4-13(5-3-12)14-6-15(17(27)28)8-16(7-14)19(20,21)22/h2-10H,1H3,(H2,23,25)(H,27,28). The van der Waals surface area contributed by atoms with Crippen LogP contribution in [0.3, 0.4) is 0 Å². The molecule has 2 aromatic carbocycles. The first kappa shape index (κ1) is 19.2. The van der Waals surface area contributed by atoms with Gasteiger partial charge in [0.1, 0.15) is 0 Å². The van der Waals surface area contributed by atoms with Crippen LogP contribution in [-0.2, 0) is 6.18 Å². The van der Waals surface area contributed by atoms with Gasteiger partial charge < -0.3 is 10.8 Å². The lowest BCUT2D eigenvalue weighted by Gasteiger charge is -2.11. The third kappa shape index (κ3) is 4.20. The zero-order chi connectivity index (χ0) is 20.5. The molecule has 1 aromatic heterocycles. The molecule has 0 aliphatic heterocycles. The minimum absolute atomic E-state index is 0.158. The lowest BCUT2D eigenvalue weighted by atomic mass is 9.98. The molecule has 0 aliphatic rings. The Bertz CT molecular complexity index is 1050. The largest absolute Gasteiger partial charge is 0.478 e. The van der Waals surface area contributed by atoms with Crippen LogP contribution in [0.4, 0.5) is 19.1 Å². The SMILES string of the molecule is Cc1cn(N=Cc2ccc(-c3cc(C(=O)O)cc(C(F)(F)F)c3)cc2)c(N)n1. The first-order valence-electron chi connectivity index (χ1n) is 8.05. The van der Waals surface area contributed by atoms with Crippen molar-refractivity contribution in [3.05, 3.63) is 71.0 Å². The summed E-state index contributed by atoms with van der Waals surface area (Å²) < 4.78 is 40.6. The molecule has 3 rings (SSSR count). The van der Waals surface area contributed by atoms with Gasteiger partial charge in [0.2, 0.25) is 5.95 Å². The molecule has 3 N–H and O–H groups in total. The average molecular weight is 388 g/mol. The van der Waals surface area contributed by atoms with Gasteiger partial charge in [-0.2, -0.15) is 18.3 Å². The second-order valence-corrected chi connectivity index (χ2v) is 6.05. The molecule has 1 heterocycles. The van der Waals surface area contributed by atoms with Gasteiger partial charge in [0.25, 0.3) is 0 Å². The van der Waals surface area contributed by atoms with Crippen molar-refractivity contribution in [1.29, 1.82) is 0 Å². The fraction of sp³-hybridized carbons (Fsp3) is 0.105. The van der Waals surface area contributed by atoms with Crippen LogP contribution < -0.4 is 5.73 Å². The monoisotopic (exact) mass is 388 g/mol. The fourth-order valence-corrected chi connectivity index (χ4v) is 2.57. The predicted octanol–water partition coefficient (Wildman–Crippen LogP) is 4.04. The summed E-state index contributed by atoms with van der Waals surface area (Å²) in [4.78, 5) is 15.2. The quantitative estimate of drug-likeness (QED) is 0.660. The number of alkyl halides is 3. The van der Waals surface area contributed by atoms with Crippen LogP contribution >= 0.6 is 0 Å².